The van der Waals surface area contributed by atoms with Crippen molar-refractivity contribution in [2.75, 3.05) is 26.4 Å². The van der Waals surface area contributed by atoms with E-state index in [1.165, 1.54) is 18.5 Å². The van der Waals surface area contributed by atoms with Crippen molar-refractivity contribution in [3.8, 4) is 0 Å². The molecule has 2 aromatic rings. The fourth-order valence-corrected chi connectivity index (χ4v) is 7.40. The van der Waals surface area contributed by atoms with Gasteiger partial charge in [-0.2, -0.15) is 0 Å². The molecule has 2 N–H and O–H groups in total. The van der Waals surface area contributed by atoms with Gasteiger partial charge in [-0.1, -0.05) is 24.3 Å². The second-order valence-corrected chi connectivity index (χ2v) is 14.3. The molecule has 53 heavy (non-hydrogen) atoms. The normalized spacial score (nSPS) is 25.2. The number of aromatic carboxylic acids is 2. The van der Waals surface area contributed by atoms with E-state index in [0.29, 0.717) is 45.5 Å². The van der Waals surface area contributed by atoms with E-state index in [-0.39, 0.29) is 29.8 Å². The first-order valence-corrected chi connectivity index (χ1v) is 18.8. The zero-order valence-electron chi connectivity index (χ0n) is 30.1. The molecule has 2 aliphatic carbocycles. The standard InChI is InChI=1S/C21H27NO6.C19H23NO5/c23-19(24)17-15-16(5-11-22-17)4-6-20(28-18-3-1-2-12-25-18)7-9-21(10-8-20)26-13-14-27-21;21-15-5-9-19(10-6-15,25-17-3-1-2-12-24-17)8-4-14-7-11-20-16(13-14)18(22)23/h4-6,11,15,18H,1-3,7-10,12-14H2,(H,23,24);4,7-8,11,13,17H,1-3,5-6,9-10,12H2,(H,22,23)/b6-4+;8-4+. The summed E-state index contributed by atoms with van der Waals surface area (Å²) in [7, 11) is 0. The number of pyridine rings is 2. The summed E-state index contributed by atoms with van der Waals surface area (Å²) in [5, 5.41) is 18.2. The summed E-state index contributed by atoms with van der Waals surface area (Å²) in [6.45, 7) is 2.72. The number of carboxylic acids is 2. The fourth-order valence-electron chi connectivity index (χ4n) is 7.40. The summed E-state index contributed by atoms with van der Waals surface area (Å²) in [4.78, 5) is 41.6. The topological polar surface area (TPSA) is 173 Å². The van der Waals surface area contributed by atoms with E-state index in [2.05, 4.69) is 9.97 Å². The van der Waals surface area contributed by atoms with Crippen LogP contribution in [0.2, 0.25) is 0 Å². The fraction of sp³-hybridized carbons (Fsp3) is 0.575. The quantitative estimate of drug-likeness (QED) is 0.267. The molecule has 286 valence electrons. The molecule has 2 aromatic heterocycles. The summed E-state index contributed by atoms with van der Waals surface area (Å²) >= 11 is 0. The van der Waals surface area contributed by atoms with Crippen molar-refractivity contribution in [1.29, 1.82) is 0 Å². The highest BCUT2D eigenvalue weighted by atomic mass is 16.7. The van der Waals surface area contributed by atoms with E-state index < -0.39 is 28.9 Å². The van der Waals surface area contributed by atoms with Gasteiger partial charge in [0, 0.05) is 51.3 Å². The van der Waals surface area contributed by atoms with Gasteiger partial charge in [-0.05, 0) is 99.6 Å². The number of carbonyl (C=O) groups is 3. The van der Waals surface area contributed by atoms with Crippen LogP contribution in [0.1, 0.15) is 122 Å². The highest BCUT2D eigenvalue weighted by Crippen LogP contribution is 2.44. The lowest BCUT2D eigenvalue weighted by atomic mass is 9.80. The van der Waals surface area contributed by atoms with E-state index in [4.69, 9.17) is 38.6 Å². The van der Waals surface area contributed by atoms with Crippen LogP contribution in [0.5, 0.6) is 0 Å². The Labute approximate surface area is 309 Å². The summed E-state index contributed by atoms with van der Waals surface area (Å²) in [5.74, 6) is -2.30. The first-order chi connectivity index (χ1) is 25.6. The molecule has 0 aromatic carbocycles. The number of nitrogens with zero attached hydrogens (tertiary/aromatic N) is 2. The molecule has 1 spiro atoms. The number of ether oxygens (including phenoxy) is 6. The van der Waals surface area contributed by atoms with Crippen LogP contribution >= 0.6 is 0 Å². The molecule has 5 fully saturated rings. The van der Waals surface area contributed by atoms with Gasteiger partial charge in [-0.3, -0.25) is 4.79 Å². The van der Waals surface area contributed by atoms with Crippen LogP contribution in [0.4, 0.5) is 0 Å². The molecule has 3 aliphatic heterocycles. The third-order valence-corrected chi connectivity index (χ3v) is 10.5. The first-order valence-electron chi connectivity index (χ1n) is 18.8. The number of carbonyl (C=O) groups excluding carboxylic acids is 1. The molecule has 0 amide bonds. The third kappa shape index (κ3) is 10.9. The molecule has 5 heterocycles. The number of hydrogen-bond acceptors (Lipinski definition) is 11. The Morgan fingerprint density at radius 2 is 1.15 bits per heavy atom. The number of hydrogen-bond donors (Lipinski definition) is 2. The Kier molecular flexibility index (Phi) is 13.2. The smallest absolute Gasteiger partial charge is 0.354 e. The van der Waals surface area contributed by atoms with Gasteiger partial charge in [0.1, 0.15) is 17.2 Å². The van der Waals surface area contributed by atoms with Crippen molar-refractivity contribution in [3.63, 3.8) is 0 Å². The second-order valence-electron chi connectivity index (χ2n) is 14.3. The first kappa shape index (κ1) is 38.9. The SMILES string of the molecule is O=C(O)c1cc(/C=C/C2(OC3CCCCO3)CCC3(CC2)OCCO3)ccn1.O=C1CCC(/C=C/c2ccnc(C(=O)O)c2)(OC2CCCCO2)CC1. The Balaban J connectivity index is 0.000000183. The zero-order chi connectivity index (χ0) is 37.2. The lowest BCUT2D eigenvalue weighted by molar-refractivity contribution is -0.249. The van der Waals surface area contributed by atoms with Crippen LogP contribution in [0, 0.1) is 0 Å². The molecule has 0 radical (unpaired) electrons. The van der Waals surface area contributed by atoms with Gasteiger partial charge in [0.15, 0.2) is 18.4 Å². The van der Waals surface area contributed by atoms with Crippen LogP contribution in [0.3, 0.4) is 0 Å². The van der Waals surface area contributed by atoms with Gasteiger partial charge in [0.2, 0.25) is 0 Å². The molecular formula is C40H50N2O11. The number of aromatic nitrogens is 2. The minimum Gasteiger partial charge on any atom is -0.477 e. The summed E-state index contributed by atoms with van der Waals surface area (Å²) in [6, 6.07) is 6.64. The average Bonchev–Trinajstić information content (AvgIpc) is 3.65. The Bertz CT molecular complexity index is 1600. The lowest BCUT2D eigenvalue weighted by Crippen LogP contribution is -2.46. The van der Waals surface area contributed by atoms with E-state index in [9.17, 15) is 14.4 Å². The van der Waals surface area contributed by atoms with Gasteiger partial charge in [0.05, 0.1) is 24.4 Å². The third-order valence-electron chi connectivity index (χ3n) is 10.5. The highest BCUT2D eigenvalue weighted by Gasteiger charge is 2.47. The second kappa shape index (κ2) is 18.0. The summed E-state index contributed by atoms with van der Waals surface area (Å²) in [6.07, 6.45) is 21.7. The zero-order valence-corrected chi connectivity index (χ0v) is 30.1. The van der Waals surface area contributed by atoms with E-state index in [0.717, 1.165) is 81.9 Å². The summed E-state index contributed by atoms with van der Waals surface area (Å²) in [5.41, 5.74) is 0.553. The molecular weight excluding hydrogens is 684 g/mol. The highest BCUT2D eigenvalue weighted by molar-refractivity contribution is 5.86. The van der Waals surface area contributed by atoms with Crippen LogP contribution in [0.15, 0.2) is 48.8 Å². The maximum Gasteiger partial charge on any atom is 0.354 e. The number of ketones is 1. The van der Waals surface area contributed by atoms with Crippen molar-refractivity contribution >= 4 is 29.9 Å². The Hall–Kier alpha value is -3.85. The van der Waals surface area contributed by atoms with Crippen LogP contribution in [-0.4, -0.2) is 93.9 Å². The van der Waals surface area contributed by atoms with Crippen molar-refractivity contribution in [3.05, 3.63) is 71.3 Å². The van der Waals surface area contributed by atoms with Gasteiger partial charge in [0.25, 0.3) is 0 Å². The van der Waals surface area contributed by atoms with Crippen molar-refractivity contribution in [2.45, 2.75) is 119 Å². The average molecular weight is 735 g/mol. The van der Waals surface area contributed by atoms with Crippen LogP contribution in [-0.2, 0) is 33.2 Å². The monoisotopic (exact) mass is 734 g/mol. The van der Waals surface area contributed by atoms with E-state index >= 15 is 0 Å². The van der Waals surface area contributed by atoms with E-state index in [1.54, 1.807) is 18.2 Å². The van der Waals surface area contributed by atoms with Crippen molar-refractivity contribution in [1.82, 2.24) is 9.97 Å². The largest absolute Gasteiger partial charge is 0.477 e. The predicted molar refractivity (Wildman–Crippen MR) is 192 cm³/mol. The molecule has 2 atom stereocenters. The van der Waals surface area contributed by atoms with Crippen molar-refractivity contribution in [2.24, 2.45) is 0 Å². The molecule has 13 nitrogen and oxygen atoms in total. The van der Waals surface area contributed by atoms with Gasteiger partial charge in [-0.25, -0.2) is 19.6 Å². The molecule has 13 heteroatoms. The van der Waals surface area contributed by atoms with Gasteiger partial charge >= 0.3 is 11.9 Å². The Morgan fingerprint density at radius 3 is 1.58 bits per heavy atom. The molecule has 0 bridgehead atoms. The van der Waals surface area contributed by atoms with Crippen molar-refractivity contribution < 1.29 is 53.0 Å². The summed E-state index contributed by atoms with van der Waals surface area (Å²) < 4.78 is 36.0. The number of Topliss-reactive ketones (excluding diaryl/α,β-unsaturated/α-hetero) is 1. The number of carboxylic acid groups (broad SMARTS) is 2. The minimum absolute atomic E-state index is 0.00607. The van der Waals surface area contributed by atoms with Crippen LogP contribution < -0.4 is 0 Å². The minimum atomic E-state index is -1.06. The Morgan fingerprint density at radius 1 is 0.679 bits per heavy atom. The molecule has 5 aliphatic rings. The van der Waals surface area contributed by atoms with Gasteiger partial charge < -0.3 is 38.6 Å². The maximum absolute atomic E-state index is 11.7. The molecule has 2 unspecified atom stereocenters. The lowest BCUT2D eigenvalue weighted by Gasteiger charge is -2.44. The maximum atomic E-state index is 11.7. The molecule has 2 saturated carbocycles. The predicted octanol–water partition coefficient (Wildman–Crippen LogP) is 6.61. The molecule has 7 rings (SSSR count). The van der Waals surface area contributed by atoms with Crippen LogP contribution in [0.25, 0.3) is 12.2 Å². The molecule has 3 saturated heterocycles. The van der Waals surface area contributed by atoms with E-state index in [1.807, 2.05) is 24.3 Å². The number of rotatable bonds is 10. The van der Waals surface area contributed by atoms with Gasteiger partial charge in [-0.15, -0.1) is 0 Å².